The topological polar surface area (TPSA) is 83.5 Å². The Labute approximate surface area is 127 Å². The van der Waals surface area contributed by atoms with Gasteiger partial charge in [0.25, 0.3) is 10.0 Å². The molecule has 0 radical (unpaired) electrons. The van der Waals surface area contributed by atoms with Crippen molar-refractivity contribution >= 4 is 21.7 Å². The third-order valence-corrected chi connectivity index (χ3v) is 4.47. The lowest BCUT2D eigenvalue weighted by molar-refractivity contribution is 0.0698. The quantitative estimate of drug-likeness (QED) is 0.906. The number of carboxylic acids is 1. The summed E-state index contributed by atoms with van der Waals surface area (Å²) in [7, 11) is -4.07. The van der Waals surface area contributed by atoms with Gasteiger partial charge in [0.15, 0.2) is 0 Å². The summed E-state index contributed by atoms with van der Waals surface area (Å²) in [5.74, 6) is -1.90. The van der Waals surface area contributed by atoms with Crippen molar-refractivity contribution in [1.29, 1.82) is 0 Å². The van der Waals surface area contributed by atoms with E-state index in [1.807, 2.05) is 0 Å². The van der Waals surface area contributed by atoms with E-state index < -0.39 is 21.8 Å². The molecule has 0 saturated carbocycles. The van der Waals surface area contributed by atoms with Crippen molar-refractivity contribution in [2.45, 2.75) is 18.7 Å². The van der Waals surface area contributed by atoms with Crippen LogP contribution in [0, 0.1) is 19.7 Å². The molecule has 0 aromatic heterocycles. The molecule has 2 aromatic carbocycles. The molecule has 2 aromatic rings. The van der Waals surface area contributed by atoms with Crippen LogP contribution >= 0.6 is 0 Å². The molecule has 2 rings (SSSR count). The molecule has 0 aliphatic rings. The molecular weight excluding hydrogens is 309 g/mol. The number of aryl methyl sites for hydroxylation is 2. The van der Waals surface area contributed by atoms with Gasteiger partial charge in [-0.15, -0.1) is 0 Å². The minimum atomic E-state index is -4.07. The van der Waals surface area contributed by atoms with Gasteiger partial charge in [-0.1, -0.05) is 17.7 Å². The SMILES string of the molecule is Cc1ccc(NS(=O)(=O)c2ccc(C)c(F)c2)c(C(=O)O)c1. The largest absolute Gasteiger partial charge is 0.478 e. The first-order valence-electron chi connectivity index (χ1n) is 6.33. The molecule has 0 heterocycles. The van der Waals surface area contributed by atoms with Crippen molar-refractivity contribution in [3.63, 3.8) is 0 Å². The fourth-order valence-electron chi connectivity index (χ4n) is 1.87. The van der Waals surface area contributed by atoms with Gasteiger partial charge in [0.2, 0.25) is 0 Å². The van der Waals surface area contributed by atoms with Gasteiger partial charge in [0.1, 0.15) is 5.82 Å². The molecule has 0 unspecified atom stereocenters. The smallest absolute Gasteiger partial charge is 0.337 e. The van der Waals surface area contributed by atoms with Crippen LogP contribution in [0.5, 0.6) is 0 Å². The fourth-order valence-corrected chi connectivity index (χ4v) is 2.96. The molecule has 0 aliphatic heterocycles. The summed E-state index contributed by atoms with van der Waals surface area (Å²) in [5, 5.41) is 9.14. The number of benzene rings is 2. The van der Waals surface area contributed by atoms with Crippen LogP contribution in [0.4, 0.5) is 10.1 Å². The van der Waals surface area contributed by atoms with Crippen LogP contribution < -0.4 is 4.72 Å². The summed E-state index contributed by atoms with van der Waals surface area (Å²) >= 11 is 0. The highest BCUT2D eigenvalue weighted by atomic mass is 32.2. The van der Waals surface area contributed by atoms with E-state index in [1.165, 1.54) is 31.2 Å². The normalized spacial score (nSPS) is 11.2. The summed E-state index contributed by atoms with van der Waals surface area (Å²) < 4.78 is 40.2. The van der Waals surface area contributed by atoms with Gasteiger partial charge in [-0.05, 0) is 43.7 Å². The number of nitrogens with one attached hydrogen (secondary N) is 1. The fraction of sp³-hybridized carbons (Fsp3) is 0.133. The number of rotatable bonds is 4. The Morgan fingerprint density at radius 3 is 2.41 bits per heavy atom. The molecule has 22 heavy (non-hydrogen) atoms. The van der Waals surface area contributed by atoms with E-state index >= 15 is 0 Å². The van der Waals surface area contributed by atoms with Gasteiger partial charge in [-0.2, -0.15) is 0 Å². The zero-order chi connectivity index (χ0) is 16.5. The van der Waals surface area contributed by atoms with E-state index in [-0.39, 0.29) is 16.1 Å². The Balaban J connectivity index is 2.45. The first-order chi connectivity index (χ1) is 10.2. The molecule has 0 aliphatic carbocycles. The number of halogens is 1. The second-order valence-electron chi connectivity index (χ2n) is 4.87. The third-order valence-electron chi connectivity index (χ3n) is 3.10. The van der Waals surface area contributed by atoms with Crippen molar-refractivity contribution < 1.29 is 22.7 Å². The van der Waals surface area contributed by atoms with Gasteiger partial charge in [-0.3, -0.25) is 4.72 Å². The summed E-state index contributed by atoms with van der Waals surface area (Å²) in [6.45, 7) is 3.21. The Morgan fingerprint density at radius 2 is 1.82 bits per heavy atom. The molecule has 7 heteroatoms. The number of carboxylic acid groups (broad SMARTS) is 1. The zero-order valence-corrected chi connectivity index (χ0v) is 12.7. The number of carbonyl (C=O) groups is 1. The Hall–Kier alpha value is -2.41. The Bertz CT molecular complexity index is 847. The van der Waals surface area contributed by atoms with Crippen molar-refractivity contribution in [3.05, 3.63) is 58.9 Å². The Kier molecular flexibility index (Phi) is 4.18. The second kappa shape index (κ2) is 5.76. The van der Waals surface area contributed by atoms with Gasteiger partial charge < -0.3 is 5.11 Å². The lowest BCUT2D eigenvalue weighted by atomic mass is 10.1. The molecule has 0 fully saturated rings. The van der Waals surface area contributed by atoms with Crippen LogP contribution in [0.1, 0.15) is 21.5 Å². The van der Waals surface area contributed by atoms with Crippen LogP contribution in [-0.2, 0) is 10.0 Å². The lowest BCUT2D eigenvalue weighted by Gasteiger charge is -2.11. The molecule has 0 atom stereocenters. The predicted molar refractivity (Wildman–Crippen MR) is 80.1 cm³/mol. The third kappa shape index (κ3) is 3.25. The molecule has 5 nitrogen and oxygen atoms in total. The molecule has 0 spiro atoms. The van der Waals surface area contributed by atoms with Crippen molar-refractivity contribution in [2.75, 3.05) is 4.72 Å². The standard InChI is InChI=1S/C15H14FNO4S/c1-9-3-6-14(12(7-9)15(18)19)17-22(20,21)11-5-4-10(2)13(16)8-11/h3-8,17H,1-2H3,(H,18,19). The monoisotopic (exact) mass is 323 g/mol. The van der Waals surface area contributed by atoms with Gasteiger partial charge in [0, 0.05) is 0 Å². The lowest BCUT2D eigenvalue weighted by Crippen LogP contribution is -2.16. The molecular formula is C15H14FNO4S. The van der Waals surface area contributed by atoms with E-state index in [2.05, 4.69) is 4.72 Å². The van der Waals surface area contributed by atoms with E-state index in [0.717, 1.165) is 6.07 Å². The maximum absolute atomic E-state index is 13.5. The van der Waals surface area contributed by atoms with Crippen LogP contribution in [0.2, 0.25) is 0 Å². The number of hydrogen-bond donors (Lipinski definition) is 2. The van der Waals surface area contributed by atoms with E-state index in [4.69, 9.17) is 5.11 Å². The summed E-state index contributed by atoms with van der Waals surface area (Å²) in [6.07, 6.45) is 0. The summed E-state index contributed by atoms with van der Waals surface area (Å²) in [5.41, 5.74) is 0.762. The van der Waals surface area contributed by atoms with Crippen LogP contribution in [-0.4, -0.2) is 19.5 Å². The average molecular weight is 323 g/mol. The van der Waals surface area contributed by atoms with Crippen molar-refractivity contribution in [2.24, 2.45) is 0 Å². The minimum absolute atomic E-state index is 0.0703. The number of hydrogen-bond acceptors (Lipinski definition) is 3. The molecule has 0 bridgehead atoms. The maximum atomic E-state index is 13.5. The second-order valence-corrected chi connectivity index (χ2v) is 6.55. The summed E-state index contributed by atoms with van der Waals surface area (Å²) in [4.78, 5) is 10.9. The zero-order valence-electron chi connectivity index (χ0n) is 11.9. The first-order valence-corrected chi connectivity index (χ1v) is 7.82. The Morgan fingerprint density at radius 1 is 1.14 bits per heavy atom. The van der Waals surface area contributed by atoms with E-state index in [9.17, 15) is 17.6 Å². The average Bonchev–Trinajstić information content (AvgIpc) is 2.43. The number of anilines is 1. The van der Waals surface area contributed by atoms with Crippen molar-refractivity contribution in [3.8, 4) is 0 Å². The van der Waals surface area contributed by atoms with E-state index in [1.54, 1.807) is 13.0 Å². The summed E-state index contributed by atoms with van der Waals surface area (Å²) in [6, 6.07) is 7.80. The molecule has 2 N–H and O–H groups in total. The number of sulfonamides is 1. The highest BCUT2D eigenvalue weighted by Crippen LogP contribution is 2.22. The molecule has 116 valence electrons. The number of aromatic carboxylic acids is 1. The van der Waals surface area contributed by atoms with E-state index in [0.29, 0.717) is 11.1 Å². The van der Waals surface area contributed by atoms with Crippen LogP contribution in [0.3, 0.4) is 0 Å². The maximum Gasteiger partial charge on any atom is 0.337 e. The minimum Gasteiger partial charge on any atom is -0.478 e. The highest BCUT2D eigenvalue weighted by Gasteiger charge is 2.19. The van der Waals surface area contributed by atoms with Crippen LogP contribution in [0.25, 0.3) is 0 Å². The van der Waals surface area contributed by atoms with Crippen LogP contribution in [0.15, 0.2) is 41.3 Å². The molecule has 0 saturated heterocycles. The van der Waals surface area contributed by atoms with Gasteiger partial charge in [-0.25, -0.2) is 17.6 Å². The molecule has 0 amide bonds. The van der Waals surface area contributed by atoms with Gasteiger partial charge >= 0.3 is 5.97 Å². The highest BCUT2D eigenvalue weighted by molar-refractivity contribution is 7.92. The predicted octanol–water partition coefficient (Wildman–Crippen LogP) is 2.94. The van der Waals surface area contributed by atoms with Gasteiger partial charge in [0.05, 0.1) is 16.1 Å². The van der Waals surface area contributed by atoms with Crippen molar-refractivity contribution in [1.82, 2.24) is 0 Å². The first kappa shape index (κ1) is 16.0.